The fourth-order valence-corrected chi connectivity index (χ4v) is 2.49. The molecule has 1 aliphatic carbocycles. The van der Waals surface area contributed by atoms with Crippen molar-refractivity contribution in [3.05, 3.63) is 0 Å². The lowest BCUT2D eigenvalue weighted by molar-refractivity contribution is -0.489. The summed E-state index contributed by atoms with van der Waals surface area (Å²) in [6.45, 7) is 0. The average Bonchev–Trinajstić information content (AvgIpc) is 2.33. The highest BCUT2D eigenvalue weighted by atomic mass is 127. The average molecular weight is 508 g/mol. The van der Waals surface area contributed by atoms with E-state index < -0.39 is 67.7 Å². The van der Waals surface area contributed by atoms with Crippen LogP contribution in [0.3, 0.4) is 0 Å². The van der Waals surface area contributed by atoms with Gasteiger partial charge >= 0.3 is 41.5 Å². The van der Waals surface area contributed by atoms with Gasteiger partial charge in [0.1, 0.15) is 0 Å². The number of alkyl halides is 16. The molecule has 0 saturated heterocycles. The first-order valence-corrected chi connectivity index (χ1v) is 6.10. The van der Waals surface area contributed by atoms with Crippen LogP contribution in [-0.4, -0.2) is 45.1 Å². The Balaban J connectivity index is 4.04. The van der Waals surface area contributed by atoms with Crippen LogP contribution in [0.2, 0.25) is 0 Å². The predicted octanol–water partition coefficient (Wildman–Crippen LogP) is 5.55. The summed E-state index contributed by atoms with van der Waals surface area (Å²) < 4.78 is 188. The van der Waals surface area contributed by atoms with Gasteiger partial charge in [0.05, 0.1) is 0 Å². The Morgan fingerprint density at radius 2 is 0.750 bits per heavy atom. The zero-order chi connectivity index (χ0) is 20.0. The van der Waals surface area contributed by atoms with E-state index in [1.807, 2.05) is 0 Å². The maximum Gasteiger partial charge on any atom is 0.457 e. The minimum absolute atomic E-state index is 1.03. The van der Waals surface area contributed by atoms with Gasteiger partial charge in [0.2, 0.25) is 0 Å². The molecule has 0 unspecified atom stereocenters. The summed E-state index contributed by atoms with van der Waals surface area (Å²) in [5.74, 6) is -38.6. The molecule has 1 aliphatic rings. The van der Waals surface area contributed by atoms with E-state index >= 15 is 0 Å². The molecular formula is C8F15I. The summed E-state index contributed by atoms with van der Waals surface area (Å²) in [6, 6.07) is 0. The third-order valence-electron chi connectivity index (χ3n) is 3.23. The smallest absolute Gasteiger partial charge is 0.223 e. The molecule has 0 radical (unpaired) electrons. The Kier molecular flexibility index (Phi) is 4.24. The molecule has 0 heterocycles. The number of halogens is 16. The number of hydrogen-bond donors (Lipinski definition) is 0. The Labute approximate surface area is 134 Å². The molecule has 0 aromatic carbocycles. The van der Waals surface area contributed by atoms with Gasteiger partial charge in [-0.15, -0.1) is 0 Å². The molecule has 0 N–H and O–H groups in total. The summed E-state index contributed by atoms with van der Waals surface area (Å²) in [5.41, 5.74) is -8.20. The second-order valence-corrected chi connectivity index (χ2v) is 6.09. The first-order chi connectivity index (χ1) is 10.0. The molecule has 0 bridgehead atoms. The highest BCUT2D eigenvalue weighted by Gasteiger charge is 3.05. The van der Waals surface area contributed by atoms with Gasteiger partial charge in [-0.3, -0.25) is 0 Å². The van der Waals surface area contributed by atoms with Gasteiger partial charge in [-0.1, -0.05) is 0 Å². The van der Waals surface area contributed by atoms with Gasteiger partial charge in [0.15, 0.2) is 0 Å². The van der Waals surface area contributed by atoms with Crippen LogP contribution in [0.5, 0.6) is 0 Å². The van der Waals surface area contributed by atoms with Gasteiger partial charge in [-0.2, -0.15) is 57.1 Å². The minimum atomic E-state index is -8.20. The van der Waals surface area contributed by atoms with E-state index in [1.54, 1.807) is 0 Å². The fraction of sp³-hybridized carbons (Fsp3) is 1.00. The van der Waals surface area contributed by atoms with Crippen LogP contribution >= 0.6 is 22.6 Å². The molecular weight excluding hydrogens is 508 g/mol. The minimum Gasteiger partial charge on any atom is -0.223 e. The summed E-state index contributed by atoms with van der Waals surface area (Å²) >= 11 is -1.03. The summed E-state index contributed by atoms with van der Waals surface area (Å²) in [7, 11) is 0. The topological polar surface area (TPSA) is 0 Å². The van der Waals surface area contributed by atoms with Crippen LogP contribution < -0.4 is 0 Å². The van der Waals surface area contributed by atoms with Crippen LogP contribution in [-0.2, 0) is 0 Å². The monoisotopic (exact) mass is 508 g/mol. The van der Waals surface area contributed by atoms with E-state index in [9.17, 15) is 65.9 Å². The predicted molar refractivity (Wildman–Crippen MR) is 52.5 cm³/mol. The second-order valence-electron chi connectivity index (χ2n) is 4.60. The lowest BCUT2D eigenvalue weighted by Gasteiger charge is -2.55. The third kappa shape index (κ3) is 1.80. The number of hydrogen-bond acceptors (Lipinski definition) is 0. The van der Waals surface area contributed by atoms with Gasteiger partial charge in [0, 0.05) is 0 Å². The SMILES string of the molecule is FC(F)(F)C(F)(F)C1(F)C(F)(F)C(F)(F)C(F)(I)C(F)(F)C1(F)F. The molecule has 1 saturated carbocycles. The molecule has 0 aromatic heterocycles. The quantitative estimate of drug-likeness (QED) is 0.248. The van der Waals surface area contributed by atoms with Gasteiger partial charge in [-0.05, 0) is 22.6 Å². The first kappa shape index (κ1) is 21.7. The lowest BCUT2D eigenvalue weighted by Crippen LogP contribution is -2.88. The highest BCUT2D eigenvalue weighted by Crippen LogP contribution is 2.74. The molecule has 144 valence electrons. The Hall–Kier alpha value is -0.320. The molecule has 0 atom stereocenters. The van der Waals surface area contributed by atoms with E-state index in [0.29, 0.717) is 0 Å². The summed E-state index contributed by atoms with van der Waals surface area (Å²) in [5, 5.41) is 0. The van der Waals surface area contributed by atoms with Crippen LogP contribution in [0.4, 0.5) is 65.9 Å². The summed E-state index contributed by atoms with van der Waals surface area (Å²) in [4.78, 5) is 0. The standard InChI is InChI=1S/C8F15I/c9-1(4(14,15)8(21,22)23)2(10,11)5(16,17)7(20,24)6(18,19)3(1,12)13. The van der Waals surface area contributed by atoms with Crippen molar-refractivity contribution in [3.63, 3.8) is 0 Å². The van der Waals surface area contributed by atoms with Gasteiger partial charge in [-0.25, -0.2) is 8.78 Å². The van der Waals surface area contributed by atoms with E-state index in [0.717, 1.165) is 0 Å². The number of rotatable bonds is 1. The molecule has 0 aliphatic heterocycles. The molecule has 24 heavy (non-hydrogen) atoms. The van der Waals surface area contributed by atoms with E-state index in [2.05, 4.69) is 0 Å². The zero-order valence-corrected chi connectivity index (χ0v) is 12.2. The van der Waals surface area contributed by atoms with E-state index in [1.165, 1.54) is 0 Å². The van der Waals surface area contributed by atoms with Crippen molar-refractivity contribution < 1.29 is 65.9 Å². The van der Waals surface area contributed by atoms with Crippen molar-refractivity contribution in [2.75, 3.05) is 0 Å². The van der Waals surface area contributed by atoms with E-state index in [-0.39, 0.29) is 0 Å². The Morgan fingerprint density at radius 1 is 0.500 bits per heavy atom. The van der Waals surface area contributed by atoms with Crippen LogP contribution in [0.1, 0.15) is 0 Å². The zero-order valence-electron chi connectivity index (χ0n) is 10.0. The Morgan fingerprint density at radius 3 is 0.958 bits per heavy atom. The van der Waals surface area contributed by atoms with Crippen molar-refractivity contribution in [1.82, 2.24) is 0 Å². The maximum atomic E-state index is 13.6. The molecule has 0 nitrogen and oxygen atoms in total. The fourth-order valence-electron chi connectivity index (χ4n) is 1.81. The largest absolute Gasteiger partial charge is 0.457 e. The van der Waals surface area contributed by atoms with Crippen molar-refractivity contribution in [2.24, 2.45) is 0 Å². The molecule has 16 heteroatoms. The van der Waals surface area contributed by atoms with E-state index in [4.69, 9.17) is 0 Å². The van der Waals surface area contributed by atoms with Crippen molar-refractivity contribution in [1.29, 1.82) is 0 Å². The second kappa shape index (κ2) is 4.69. The Bertz CT molecular complexity index is 498. The van der Waals surface area contributed by atoms with Crippen LogP contribution in [0.25, 0.3) is 0 Å². The summed E-state index contributed by atoms with van der Waals surface area (Å²) in [6.07, 6.45) is -7.72. The third-order valence-corrected chi connectivity index (χ3v) is 4.59. The van der Waals surface area contributed by atoms with Crippen LogP contribution in [0, 0.1) is 0 Å². The molecule has 0 aromatic rings. The molecule has 0 spiro atoms. The van der Waals surface area contributed by atoms with Gasteiger partial charge < -0.3 is 0 Å². The van der Waals surface area contributed by atoms with Crippen molar-refractivity contribution >= 4 is 22.6 Å². The highest BCUT2D eigenvalue weighted by molar-refractivity contribution is 14.1. The molecule has 1 fully saturated rings. The first-order valence-electron chi connectivity index (χ1n) is 5.02. The molecule has 0 amide bonds. The van der Waals surface area contributed by atoms with Gasteiger partial charge in [0.25, 0.3) is 3.68 Å². The normalized spacial score (nSPS) is 38.0. The van der Waals surface area contributed by atoms with Crippen molar-refractivity contribution in [3.8, 4) is 0 Å². The lowest BCUT2D eigenvalue weighted by atomic mass is 9.70. The van der Waals surface area contributed by atoms with Crippen LogP contribution in [0.15, 0.2) is 0 Å². The molecule has 1 rings (SSSR count). The maximum absolute atomic E-state index is 13.6. The van der Waals surface area contributed by atoms with Crippen molar-refractivity contribution in [2.45, 2.75) is 45.1 Å².